The van der Waals surface area contributed by atoms with E-state index in [1.54, 1.807) is 0 Å². The molecule has 0 aromatic carbocycles. The number of pyridine rings is 1. The number of likely N-dealkylation sites (N-methyl/N-ethyl adjacent to an activating group) is 1. The van der Waals surface area contributed by atoms with Gasteiger partial charge in [0.25, 0.3) is 0 Å². The zero-order chi connectivity index (χ0) is 12.1. The van der Waals surface area contributed by atoms with Crippen LogP contribution in [0.4, 0.5) is 0 Å². The quantitative estimate of drug-likeness (QED) is 0.867. The smallest absolute Gasteiger partial charge is 0.0774 e. The summed E-state index contributed by atoms with van der Waals surface area (Å²) in [6.45, 7) is 1.65. The first-order chi connectivity index (χ1) is 8.18. The fourth-order valence-electron chi connectivity index (χ4n) is 2.73. The lowest BCUT2D eigenvalue weighted by Gasteiger charge is -2.35. The van der Waals surface area contributed by atoms with E-state index in [0.29, 0.717) is 0 Å². The van der Waals surface area contributed by atoms with Crippen molar-refractivity contribution in [1.29, 1.82) is 0 Å². The van der Waals surface area contributed by atoms with Crippen LogP contribution < -0.4 is 0 Å². The first-order valence-corrected chi connectivity index (χ1v) is 6.48. The summed E-state index contributed by atoms with van der Waals surface area (Å²) < 4.78 is 0. The average Bonchev–Trinajstić information content (AvgIpc) is 2.30. The van der Waals surface area contributed by atoms with Gasteiger partial charge in [-0.3, -0.25) is 9.88 Å². The van der Waals surface area contributed by atoms with Crippen molar-refractivity contribution in [1.82, 2.24) is 9.88 Å². The van der Waals surface area contributed by atoms with Crippen LogP contribution in [0.2, 0.25) is 0 Å². The van der Waals surface area contributed by atoms with Crippen LogP contribution in [-0.2, 0) is 6.54 Å². The van der Waals surface area contributed by atoms with Gasteiger partial charge in [0.05, 0.1) is 5.60 Å². The molecule has 0 atom stereocenters. The molecule has 1 aliphatic rings. The fraction of sp³-hybridized carbons (Fsp3) is 0.643. The molecule has 1 saturated carbocycles. The van der Waals surface area contributed by atoms with E-state index in [1.165, 1.54) is 24.8 Å². The summed E-state index contributed by atoms with van der Waals surface area (Å²) in [6.07, 6.45) is 9.15. The topological polar surface area (TPSA) is 36.4 Å². The van der Waals surface area contributed by atoms with E-state index in [0.717, 1.165) is 25.9 Å². The van der Waals surface area contributed by atoms with Gasteiger partial charge in [0.2, 0.25) is 0 Å². The van der Waals surface area contributed by atoms with Gasteiger partial charge in [-0.05, 0) is 37.6 Å². The van der Waals surface area contributed by atoms with Crippen LogP contribution in [0.1, 0.15) is 37.7 Å². The summed E-state index contributed by atoms with van der Waals surface area (Å²) >= 11 is 0. The first-order valence-electron chi connectivity index (χ1n) is 6.48. The molecule has 0 radical (unpaired) electrons. The molecule has 0 spiro atoms. The maximum atomic E-state index is 10.5. The van der Waals surface area contributed by atoms with Crippen molar-refractivity contribution in [3.63, 3.8) is 0 Å². The van der Waals surface area contributed by atoms with Crippen LogP contribution in [-0.4, -0.2) is 34.2 Å². The largest absolute Gasteiger partial charge is 0.389 e. The molecule has 1 aromatic rings. The van der Waals surface area contributed by atoms with Crippen molar-refractivity contribution in [3.8, 4) is 0 Å². The average molecular weight is 234 g/mol. The molecule has 0 amide bonds. The Morgan fingerprint density at radius 3 is 2.53 bits per heavy atom. The Morgan fingerprint density at radius 1 is 1.24 bits per heavy atom. The van der Waals surface area contributed by atoms with Crippen LogP contribution in [0.5, 0.6) is 0 Å². The van der Waals surface area contributed by atoms with E-state index in [2.05, 4.69) is 16.9 Å². The molecular formula is C14H22N2O. The summed E-state index contributed by atoms with van der Waals surface area (Å²) in [5, 5.41) is 10.5. The molecule has 0 aliphatic heterocycles. The molecule has 1 aliphatic carbocycles. The van der Waals surface area contributed by atoms with Gasteiger partial charge in [-0.2, -0.15) is 0 Å². The summed E-state index contributed by atoms with van der Waals surface area (Å²) in [5.74, 6) is 0. The highest BCUT2D eigenvalue weighted by Gasteiger charge is 2.30. The molecule has 94 valence electrons. The lowest BCUT2D eigenvalue weighted by atomic mass is 9.84. The fourth-order valence-corrected chi connectivity index (χ4v) is 2.73. The van der Waals surface area contributed by atoms with Gasteiger partial charge in [0.1, 0.15) is 0 Å². The van der Waals surface area contributed by atoms with E-state index < -0.39 is 5.60 Å². The van der Waals surface area contributed by atoms with Crippen LogP contribution in [0.25, 0.3) is 0 Å². The highest BCUT2D eigenvalue weighted by Crippen LogP contribution is 2.28. The van der Waals surface area contributed by atoms with Crippen molar-refractivity contribution in [2.24, 2.45) is 0 Å². The molecule has 2 rings (SSSR count). The van der Waals surface area contributed by atoms with E-state index in [4.69, 9.17) is 0 Å². The molecule has 1 aromatic heterocycles. The minimum Gasteiger partial charge on any atom is -0.389 e. The molecule has 1 heterocycles. The van der Waals surface area contributed by atoms with Gasteiger partial charge in [-0.15, -0.1) is 0 Å². The van der Waals surface area contributed by atoms with E-state index in [-0.39, 0.29) is 0 Å². The maximum absolute atomic E-state index is 10.5. The van der Waals surface area contributed by atoms with Crippen LogP contribution in [0.15, 0.2) is 24.5 Å². The predicted octanol–water partition coefficient (Wildman–Crippen LogP) is 2.21. The van der Waals surface area contributed by atoms with Crippen LogP contribution >= 0.6 is 0 Å². The number of aromatic nitrogens is 1. The van der Waals surface area contributed by atoms with Gasteiger partial charge in [-0.25, -0.2) is 0 Å². The second-order valence-electron chi connectivity index (χ2n) is 5.31. The van der Waals surface area contributed by atoms with Crippen molar-refractivity contribution < 1.29 is 5.11 Å². The molecule has 3 nitrogen and oxygen atoms in total. The SMILES string of the molecule is CN(Cc1ccncc1)CC1(O)CCCCC1. The molecule has 1 N–H and O–H groups in total. The van der Waals surface area contributed by atoms with Crippen LogP contribution in [0, 0.1) is 0 Å². The lowest BCUT2D eigenvalue weighted by Crippen LogP contribution is -2.42. The molecule has 17 heavy (non-hydrogen) atoms. The van der Waals surface area contributed by atoms with Crippen LogP contribution in [0.3, 0.4) is 0 Å². The normalized spacial score (nSPS) is 19.5. The zero-order valence-corrected chi connectivity index (χ0v) is 10.6. The molecule has 3 heteroatoms. The molecule has 0 saturated heterocycles. The van der Waals surface area contributed by atoms with Crippen molar-refractivity contribution >= 4 is 0 Å². The summed E-state index contributed by atoms with van der Waals surface area (Å²) in [7, 11) is 2.08. The standard InChI is InChI=1S/C14H22N2O/c1-16(11-13-5-9-15-10-6-13)12-14(17)7-3-2-4-8-14/h5-6,9-10,17H,2-4,7-8,11-12H2,1H3. The van der Waals surface area contributed by atoms with Gasteiger partial charge in [0.15, 0.2) is 0 Å². The Bertz CT molecular complexity index is 333. The summed E-state index contributed by atoms with van der Waals surface area (Å²) in [4.78, 5) is 6.22. The maximum Gasteiger partial charge on any atom is 0.0774 e. The van der Waals surface area contributed by atoms with Gasteiger partial charge in [0, 0.05) is 25.5 Å². The lowest BCUT2D eigenvalue weighted by molar-refractivity contribution is -0.0223. The first kappa shape index (κ1) is 12.5. The van der Waals surface area contributed by atoms with E-state index >= 15 is 0 Å². The molecule has 0 unspecified atom stereocenters. The van der Waals surface area contributed by atoms with Crippen molar-refractivity contribution in [2.75, 3.05) is 13.6 Å². The highest BCUT2D eigenvalue weighted by atomic mass is 16.3. The molecule has 0 bridgehead atoms. The Kier molecular flexibility index (Phi) is 4.13. The third kappa shape index (κ3) is 3.79. The van der Waals surface area contributed by atoms with Crippen molar-refractivity contribution in [2.45, 2.75) is 44.2 Å². The van der Waals surface area contributed by atoms with Gasteiger partial charge in [-0.1, -0.05) is 19.3 Å². The third-order valence-corrected chi connectivity index (χ3v) is 3.55. The van der Waals surface area contributed by atoms with Crippen molar-refractivity contribution in [3.05, 3.63) is 30.1 Å². The monoisotopic (exact) mass is 234 g/mol. The molecule has 1 fully saturated rings. The second-order valence-corrected chi connectivity index (χ2v) is 5.31. The predicted molar refractivity (Wildman–Crippen MR) is 68.6 cm³/mol. The Morgan fingerprint density at radius 2 is 1.88 bits per heavy atom. The number of rotatable bonds is 4. The minimum atomic E-state index is -0.458. The summed E-state index contributed by atoms with van der Waals surface area (Å²) in [5.41, 5.74) is 0.793. The summed E-state index contributed by atoms with van der Waals surface area (Å²) in [6, 6.07) is 4.06. The number of aliphatic hydroxyl groups is 1. The Balaban J connectivity index is 1.86. The molecular weight excluding hydrogens is 212 g/mol. The number of nitrogens with zero attached hydrogens (tertiary/aromatic N) is 2. The second kappa shape index (κ2) is 5.61. The number of hydrogen-bond acceptors (Lipinski definition) is 3. The highest BCUT2D eigenvalue weighted by molar-refractivity contribution is 5.09. The minimum absolute atomic E-state index is 0.458. The van der Waals surface area contributed by atoms with Gasteiger partial charge < -0.3 is 5.11 Å². The Hall–Kier alpha value is -0.930. The van der Waals surface area contributed by atoms with E-state index in [9.17, 15) is 5.11 Å². The Labute approximate surface area is 103 Å². The zero-order valence-electron chi connectivity index (χ0n) is 10.6. The number of hydrogen-bond donors (Lipinski definition) is 1. The van der Waals surface area contributed by atoms with E-state index in [1.807, 2.05) is 24.5 Å². The van der Waals surface area contributed by atoms with Gasteiger partial charge >= 0.3 is 0 Å². The third-order valence-electron chi connectivity index (χ3n) is 3.55.